The number of benzene rings is 1. The van der Waals surface area contributed by atoms with Gasteiger partial charge in [0.2, 0.25) is 0 Å². The minimum Gasteiger partial charge on any atom is -0.390 e. The van der Waals surface area contributed by atoms with Crippen molar-refractivity contribution in [2.24, 2.45) is 40.4 Å². The van der Waals surface area contributed by atoms with E-state index in [0.29, 0.717) is 23.7 Å². The van der Waals surface area contributed by atoms with Crippen LogP contribution in [-0.4, -0.2) is 45.2 Å². The van der Waals surface area contributed by atoms with Crippen molar-refractivity contribution in [2.45, 2.75) is 83.8 Å². The quantitative estimate of drug-likeness (QED) is 0.584. The molecule has 0 bridgehead atoms. The number of rotatable bonds is 5. The van der Waals surface area contributed by atoms with Gasteiger partial charge in [-0.25, -0.2) is 13.5 Å². The van der Waals surface area contributed by atoms with E-state index in [-0.39, 0.29) is 40.1 Å². The van der Waals surface area contributed by atoms with E-state index in [9.17, 15) is 18.7 Å². The number of methoxy groups -OCH3 is 1. The molecule has 8 atom stereocenters. The van der Waals surface area contributed by atoms with Crippen molar-refractivity contribution in [3.8, 4) is 0 Å². The van der Waals surface area contributed by atoms with Crippen molar-refractivity contribution >= 4 is 16.8 Å². The third kappa shape index (κ3) is 3.88. The lowest BCUT2D eigenvalue weighted by Gasteiger charge is -2.62. The maximum absolute atomic E-state index is 14.1. The second kappa shape index (κ2) is 8.80. The van der Waals surface area contributed by atoms with Crippen LogP contribution in [0.25, 0.3) is 11.0 Å². The molecule has 0 radical (unpaired) electrons. The van der Waals surface area contributed by atoms with E-state index in [1.807, 2.05) is 14.0 Å². The third-order valence-electron chi connectivity index (χ3n) is 11.3. The van der Waals surface area contributed by atoms with E-state index in [4.69, 9.17) is 4.74 Å². The predicted molar refractivity (Wildman–Crippen MR) is 134 cm³/mol. The zero-order valence-corrected chi connectivity index (χ0v) is 22.2. The fourth-order valence-corrected chi connectivity index (χ4v) is 9.68. The Hall–Kier alpha value is -1.93. The zero-order chi connectivity index (χ0) is 26.2. The summed E-state index contributed by atoms with van der Waals surface area (Å²) in [7, 11) is 1.81. The fourth-order valence-electron chi connectivity index (χ4n) is 9.68. The highest BCUT2D eigenvalue weighted by atomic mass is 19.1. The molecule has 6 nitrogen and oxygen atoms in total. The second-order valence-corrected chi connectivity index (χ2v) is 13.2. The van der Waals surface area contributed by atoms with Gasteiger partial charge in [-0.05, 0) is 99.2 Å². The number of carbonyl (C=O) groups excluding carboxylic acids is 1. The first-order valence-electron chi connectivity index (χ1n) is 14.0. The van der Waals surface area contributed by atoms with Gasteiger partial charge in [-0.3, -0.25) is 4.79 Å². The van der Waals surface area contributed by atoms with Gasteiger partial charge >= 0.3 is 0 Å². The minimum absolute atomic E-state index is 0.00289. The van der Waals surface area contributed by atoms with Gasteiger partial charge in [0.05, 0.1) is 17.7 Å². The van der Waals surface area contributed by atoms with Crippen LogP contribution in [0.1, 0.15) is 71.6 Å². The molecule has 1 N–H and O–H groups in total. The molecule has 2 aromatic rings. The van der Waals surface area contributed by atoms with Gasteiger partial charge < -0.3 is 9.84 Å². The van der Waals surface area contributed by atoms with Gasteiger partial charge in [-0.1, -0.05) is 12.1 Å². The van der Waals surface area contributed by atoms with Gasteiger partial charge in [-0.2, -0.15) is 0 Å². The summed E-state index contributed by atoms with van der Waals surface area (Å²) in [6.45, 7) is 5.05. The number of ether oxygens (including phenoxy) is 1. The van der Waals surface area contributed by atoms with E-state index in [1.54, 1.807) is 0 Å². The molecule has 4 aliphatic carbocycles. The molecule has 6 rings (SSSR count). The first kappa shape index (κ1) is 25.4. The lowest BCUT2D eigenvalue weighted by molar-refractivity contribution is -0.175. The number of halogens is 2. The van der Waals surface area contributed by atoms with Crippen LogP contribution in [0, 0.1) is 52.1 Å². The van der Waals surface area contributed by atoms with E-state index >= 15 is 0 Å². The van der Waals surface area contributed by atoms with Crippen LogP contribution in [0.2, 0.25) is 0 Å². The van der Waals surface area contributed by atoms with Crippen molar-refractivity contribution in [2.75, 3.05) is 13.7 Å². The van der Waals surface area contributed by atoms with E-state index in [0.717, 1.165) is 70.5 Å². The highest BCUT2D eigenvalue weighted by Gasteiger charge is 2.63. The minimum atomic E-state index is -0.760. The molecule has 1 aromatic carbocycles. The number of aromatic nitrogens is 3. The van der Waals surface area contributed by atoms with Crippen LogP contribution in [0.15, 0.2) is 12.1 Å². The molecule has 4 saturated carbocycles. The second-order valence-electron chi connectivity index (χ2n) is 13.2. The number of nitrogens with zero attached hydrogens (tertiary/aromatic N) is 3. The Morgan fingerprint density at radius 2 is 1.92 bits per heavy atom. The summed E-state index contributed by atoms with van der Waals surface area (Å²) in [5.41, 5.74) is -0.317. The van der Waals surface area contributed by atoms with Crippen molar-refractivity contribution in [3.05, 3.63) is 23.8 Å². The normalized spacial score (nSPS) is 41.3. The van der Waals surface area contributed by atoms with Crippen molar-refractivity contribution in [1.29, 1.82) is 0 Å². The first-order chi connectivity index (χ1) is 17.6. The molecule has 0 saturated heterocycles. The highest BCUT2D eigenvalue weighted by Crippen LogP contribution is 2.68. The molecule has 8 heteroatoms. The number of carbonyl (C=O) groups is 1. The molecule has 0 amide bonds. The molecule has 4 aliphatic rings. The van der Waals surface area contributed by atoms with Gasteiger partial charge in [0.15, 0.2) is 11.6 Å². The maximum Gasteiger partial charge on any atom is 0.157 e. The van der Waals surface area contributed by atoms with Crippen LogP contribution in [0.4, 0.5) is 8.78 Å². The lowest BCUT2D eigenvalue weighted by Crippen LogP contribution is -2.58. The Morgan fingerprint density at radius 3 is 2.70 bits per heavy atom. The molecule has 1 aromatic heterocycles. The maximum atomic E-state index is 14.1. The zero-order valence-electron chi connectivity index (χ0n) is 22.2. The van der Waals surface area contributed by atoms with Gasteiger partial charge in [0, 0.05) is 25.2 Å². The summed E-state index contributed by atoms with van der Waals surface area (Å²) in [6, 6.07) is 1.99. The summed E-state index contributed by atoms with van der Waals surface area (Å²) < 4.78 is 35.2. The summed E-state index contributed by atoms with van der Waals surface area (Å²) in [5.74, 6) is 0.664. The molecule has 37 heavy (non-hydrogen) atoms. The Morgan fingerprint density at radius 1 is 1.11 bits per heavy atom. The van der Waals surface area contributed by atoms with Crippen LogP contribution in [0.3, 0.4) is 0 Å². The SMILES string of the molecule is COC[C@]12CC[C@@](C)(O)C[C@H]1CC[C@H]1[C@@H]3CC[C@H](C(=O)Cn4nnc5c(F)cc(F)cc54)[C@@]3(C)CC[C@@H]12. The Bertz CT molecular complexity index is 1210. The molecular weight excluding hydrogens is 476 g/mol. The average molecular weight is 516 g/mol. The summed E-state index contributed by atoms with van der Waals surface area (Å²) >= 11 is 0. The van der Waals surface area contributed by atoms with E-state index < -0.39 is 17.2 Å². The molecule has 202 valence electrons. The van der Waals surface area contributed by atoms with Crippen molar-refractivity contribution in [3.63, 3.8) is 0 Å². The highest BCUT2D eigenvalue weighted by molar-refractivity contribution is 5.84. The summed E-state index contributed by atoms with van der Waals surface area (Å²) in [6.07, 6.45) is 8.96. The first-order valence-corrected chi connectivity index (χ1v) is 14.0. The van der Waals surface area contributed by atoms with Crippen LogP contribution >= 0.6 is 0 Å². The molecule has 4 fully saturated rings. The van der Waals surface area contributed by atoms with E-state index in [1.165, 1.54) is 10.7 Å². The molecule has 0 spiro atoms. The standard InChI is InChI=1S/C29H39F2N3O3/c1-27(36)10-11-29(16-37-3)17(14-27)4-5-19-20-6-7-22(28(20,2)9-8-21(19)29)25(35)15-34-24-13-18(30)12-23(31)26(24)32-33-34/h12-13,17,19-22,36H,4-11,14-16H2,1-3H3/t17-,19+,20+,21+,22-,27-,28+,29-/m1/s1. The van der Waals surface area contributed by atoms with Gasteiger partial charge in [0.25, 0.3) is 0 Å². The number of aliphatic hydroxyl groups is 1. The topological polar surface area (TPSA) is 77.2 Å². The molecule has 0 unspecified atom stereocenters. The van der Waals surface area contributed by atoms with Crippen LogP contribution in [0.5, 0.6) is 0 Å². The molecule has 0 aliphatic heterocycles. The molecule has 1 heterocycles. The van der Waals surface area contributed by atoms with Gasteiger partial charge in [0.1, 0.15) is 17.9 Å². The Balaban J connectivity index is 1.24. The number of fused-ring (bicyclic) bond motifs is 6. The largest absolute Gasteiger partial charge is 0.390 e. The Kier molecular flexibility index (Phi) is 6.03. The van der Waals surface area contributed by atoms with Crippen LogP contribution in [-0.2, 0) is 16.1 Å². The lowest BCUT2D eigenvalue weighted by atomic mass is 9.43. The Labute approximate surface area is 217 Å². The predicted octanol–water partition coefficient (Wildman–Crippen LogP) is 5.32. The number of Topliss-reactive ketones (excluding diaryl/α,β-unsaturated/α-hetero) is 1. The summed E-state index contributed by atoms with van der Waals surface area (Å²) in [4.78, 5) is 13.7. The molecular formula is C29H39F2N3O3. The third-order valence-corrected chi connectivity index (χ3v) is 11.3. The van der Waals surface area contributed by atoms with Crippen molar-refractivity contribution in [1.82, 2.24) is 15.0 Å². The van der Waals surface area contributed by atoms with Crippen molar-refractivity contribution < 1.29 is 23.4 Å². The average Bonchev–Trinajstić information content (AvgIpc) is 3.40. The monoisotopic (exact) mass is 515 g/mol. The smallest absolute Gasteiger partial charge is 0.157 e. The van der Waals surface area contributed by atoms with Crippen LogP contribution < -0.4 is 0 Å². The number of hydrogen-bond acceptors (Lipinski definition) is 5. The summed E-state index contributed by atoms with van der Waals surface area (Å²) in [5, 5.41) is 18.7. The number of ketones is 1. The van der Waals surface area contributed by atoms with E-state index in [2.05, 4.69) is 17.2 Å². The number of hydrogen-bond donors (Lipinski definition) is 1. The van der Waals surface area contributed by atoms with Gasteiger partial charge in [-0.15, -0.1) is 5.10 Å². The fraction of sp³-hybridized carbons (Fsp3) is 0.759.